The molecular formula is C23H25N5O2. The van der Waals surface area contributed by atoms with Gasteiger partial charge < -0.3 is 9.42 Å². The third-order valence-electron chi connectivity index (χ3n) is 5.90. The van der Waals surface area contributed by atoms with Crippen LogP contribution in [0.1, 0.15) is 17.0 Å². The molecular weight excluding hydrogens is 378 g/mol. The fourth-order valence-electron chi connectivity index (χ4n) is 4.14. The Balaban J connectivity index is 1.17. The Morgan fingerprint density at radius 1 is 1.00 bits per heavy atom. The van der Waals surface area contributed by atoms with Crippen molar-refractivity contribution in [1.29, 1.82) is 0 Å². The average Bonchev–Trinajstić information content (AvgIpc) is 3.42. The minimum Gasteiger partial charge on any atom is -0.338 e. The average molecular weight is 403 g/mol. The molecule has 1 fully saturated rings. The summed E-state index contributed by atoms with van der Waals surface area (Å²) < 4.78 is 5.46. The second-order valence-corrected chi connectivity index (χ2v) is 7.95. The molecule has 2 amide bonds. The van der Waals surface area contributed by atoms with Gasteiger partial charge in [0.2, 0.25) is 11.7 Å². The number of hydrogen-bond donors (Lipinski definition) is 0. The lowest BCUT2D eigenvalue weighted by Crippen LogP contribution is -2.52. The molecule has 7 heteroatoms. The standard InChI is InChI=1S/C23H25N5O2/c1-17-6-8-19(9-7-17)22-24-21(30-25-22)16-26-12-14-27(15-13-26)23(29)28-11-10-18-4-2-3-5-20(18)28/h2-9H,10-16H2,1H3. The smallest absolute Gasteiger partial charge is 0.324 e. The van der Waals surface area contributed by atoms with Gasteiger partial charge in [-0.1, -0.05) is 53.2 Å². The highest BCUT2D eigenvalue weighted by molar-refractivity contribution is 5.94. The van der Waals surface area contributed by atoms with Crippen LogP contribution in [0.2, 0.25) is 0 Å². The van der Waals surface area contributed by atoms with Gasteiger partial charge in [0.25, 0.3) is 0 Å². The second-order valence-electron chi connectivity index (χ2n) is 7.95. The summed E-state index contributed by atoms with van der Waals surface area (Å²) in [5.74, 6) is 1.23. The van der Waals surface area contributed by atoms with Gasteiger partial charge in [-0.2, -0.15) is 4.98 Å². The molecule has 3 heterocycles. The van der Waals surface area contributed by atoms with Crippen molar-refractivity contribution in [3.63, 3.8) is 0 Å². The predicted octanol–water partition coefficient (Wildman–Crippen LogP) is 3.35. The Labute approximate surface area is 175 Å². The first kappa shape index (κ1) is 18.8. The summed E-state index contributed by atoms with van der Waals surface area (Å²) in [6.07, 6.45) is 0.933. The number of urea groups is 1. The van der Waals surface area contributed by atoms with Gasteiger partial charge in [-0.25, -0.2) is 4.79 Å². The maximum atomic E-state index is 13.0. The summed E-state index contributed by atoms with van der Waals surface area (Å²) in [6.45, 7) is 6.42. The summed E-state index contributed by atoms with van der Waals surface area (Å²) in [5, 5.41) is 4.11. The molecule has 0 unspecified atom stereocenters. The molecule has 2 aromatic carbocycles. The Morgan fingerprint density at radius 2 is 1.77 bits per heavy atom. The van der Waals surface area contributed by atoms with Crippen molar-refractivity contribution < 1.29 is 9.32 Å². The molecule has 3 aromatic rings. The van der Waals surface area contributed by atoms with Crippen molar-refractivity contribution in [3.05, 3.63) is 65.5 Å². The van der Waals surface area contributed by atoms with Crippen LogP contribution in [0.4, 0.5) is 10.5 Å². The quantitative estimate of drug-likeness (QED) is 0.671. The summed E-state index contributed by atoms with van der Waals surface area (Å²) >= 11 is 0. The number of aryl methyl sites for hydroxylation is 1. The first-order valence-electron chi connectivity index (χ1n) is 10.4. The number of carbonyl (C=O) groups excluding carboxylic acids is 1. The molecule has 0 N–H and O–H groups in total. The van der Waals surface area contributed by atoms with Gasteiger partial charge >= 0.3 is 6.03 Å². The van der Waals surface area contributed by atoms with Crippen LogP contribution in [0.3, 0.4) is 0 Å². The molecule has 0 radical (unpaired) electrons. The molecule has 7 nitrogen and oxygen atoms in total. The number of piperazine rings is 1. The number of amides is 2. The lowest BCUT2D eigenvalue weighted by atomic mass is 10.1. The van der Waals surface area contributed by atoms with E-state index in [2.05, 4.69) is 28.0 Å². The lowest BCUT2D eigenvalue weighted by molar-refractivity contribution is 0.130. The number of rotatable bonds is 3. The van der Waals surface area contributed by atoms with Crippen molar-refractivity contribution in [2.24, 2.45) is 0 Å². The van der Waals surface area contributed by atoms with E-state index in [0.29, 0.717) is 31.3 Å². The lowest BCUT2D eigenvalue weighted by Gasteiger charge is -2.36. The van der Waals surface area contributed by atoms with Gasteiger partial charge in [0.1, 0.15) is 0 Å². The first-order chi connectivity index (χ1) is 14.7. The Bertz CT molecular complexity index is 1040. The van der Waals surface area contributed by atoms with Gasteiger partial charge in [0.15, 0.2) is 0 Å². The van der Waals surface area contributed by atoms with Crippen LogP contribution < -0.4 is 4.90 Å². The van der Waals surface area contributed by atoms with Crippen molar-refractivity contribution in [2.75, 3.05) is 37.6 Å². The van der Waals surface area contributed by atoms with E-state index in [9.17, 15) is 4.79 Å². The first-order valence-corrected chi connectivity index (χ1v) is 10.4. The van der Waals surface area contributed by atoms with Gasteiger partial charge in [0, 0.05) is 44.0 Å². The Morgan fingerprint density at radius 3 is 2.57 bits per heavy atom. The fraction of sp³-hybridized carbons (Fsp3) is 0.348. The molecule has 1 saturated heterocycles. The normalized spacial score (nSPS) is 16.7. The molecule has 0 bridgehead atoms. The number of carbonyl (C=O) groups is 1. The van der Waals surface area contributed by atoms with Crippen LogP contribution in [0.15, 0.2) is 53.1 Å². The Kier molecular flexibility index (Phi) is 4.96. The van der Waals surface area contributed by atoms with E-state index in [1.807, 2.05) is 52.3 Å². The number of fused-ring (bicyclic) bond motifs is 1. The zero-order valence-electron chi connectivity index (χ0n) is 17.1. The minimum atomic E-state index is 0.110. The molecule has 1 aromatic heterocycles. The van der Waals surface area contributed by atoms with Gasteiger partial charge in [-0.3, -0.25) is 9.80 Å². The number of nitrogens with zero attached hydrogens (tertiary/aromatic N) is 5. The zero-order valence-corrected chi connectivity index (χ0v) is 17.1. The van der Waals surface area contributed by atoms with E-state index < -0.39 is 0 Å². The number of aromatic nitrogens is 2. The molecule has 0 atom stereocenters. The zero-order chi connectivity index (χ0) is 20.5. The largest absolute Gasteiger partial charge is 0.338 e. The maximum absolute atomic E-state index is 13.0. The van der Waals surface area contributed by atoms with Gasteiger partial charge in [-0.15, -0.1) is 0 Å². The topological polar surface area (TPSA) is 65.7 Å². The van der Waals surface area contributed by atoms with Crippen LogP contribution in [0, 0.1) is 6.92 Å². The number of benzene rings is 2. The molecule has 2 aliphatic rings. The molecule has 5 rings (SSSR count). The summed E-state index contributed by atoms with van der Waals surface area (Å²) in [5.41, 5.74) is 4.47. The van der Waals surface area contributed by atoms with Crippen LogP contribution in [0.5, 0.6) is 0 Å². The van der Waals surface area contributed by atoms with E-state index >= 15 is 0 Å². The van der Waals surface area contributed by atoms with E-state index in [1.165, 1.54) is 11.1 Å². The fourth-order valence-corrected chi connectivity index (χ4v) is 4.14. The van der Waals surface area contributed by atoms with Gasteiger partial charge in [-0.05, 0) is 25.0 Å². The molecule has 2 aliphatic heterocycles. The van der Waals surface area contributed by atoms with Crippen molar-refractivity contribution in [2.45, 2.75) is 19.9 Å². The summed E-state index contributed by atoms with van der Waals surface area (Å²) in [7, 11) is 0. The SMILES string of the molecule is Cc1ccc(-c2noc(CN3CCN(C(=O)N4CCc5ccccc54)CC3)n2)cc1. The van der Waals surface area contributed by atoms with Gasteiger partial charge in [0.05, 0.1) is 6.54 Å². The highest BCUT2D eigenvalue weighted by Crippen LogP contribution is 2.28. The van der Waals surface area contributed by atoms with E-state index in [4.69, 9.17) is 4.52 Å². The number of hydrogen-bond acceptors (Lipinski definition) is 5. The summed E-state index contributed by atoms with van der Waals surface area (Å²) in [6, 6.07) is 16.4. The second kappa shape index (κ2) is 7.91. The third kappa shape index (κ3) is 3.68. The third-order valence-corrected chi connectivity index (χ3v) is 5.90. The van der Waals surface area contributed by atoms with Crippen LogP contribution in [0.25, 0.3) is 11.4 Å². The van der Waals surface area contributed by atoms with E-state index in [-0.39, 0.29) is 6.03 Å². The highest BCUT2D eigenvalue weighted by atomic mass is 16.5. The molecule has 154 valence electrons. The molecule has 30 heavy (non-hydrogen) atoms. The van der Waals surface area contributed by atoms with Crippen LogP contribution in [-0.4, -0.2) is 58.7 Å². The molecule has 0 spiro atoms. The van der Waals surface area contributed by atoms with E-state index in [0.717, 1.165) is 37.3 Å². The Hall–Kier alpha value is -3.19. The summed E-state index contributed by atoms with van der Waals surface area (Å²) in [4.78, 5) is 23.7. The predicted molar refractivity (Wildman–Crippen MR) is 114 cm³/mol. The monoisotopic (exact) mass is 403 g/mol. The van der Waals surface area contributed by atoms with Crippen molar-refractivity contribution in [3.8, 4) is 11.4 Å². The van der Waals surface area contributed by atoms with E-state index in [1.54, 1.807) is 0 Å². The highest BCUT2D eigenvalue weighted by Gasteiger charge is 2.30. The van der Waals surface area contributed by atoms with Crippen LogP contribution in [-0.2, 0) is 13.0 Å². The molecule has 0 saturated carbocycles. The maximum Gasteiger partial charge on any atom is 0.324 e. The number of para-hydroxylation sites is 1. The minimum absolute atomic E-state index is 0.110. The molecule has 0 aliphatic carbocycles. The van der Waals surface area contributed by atoms with Crippen LogP contribution >= 0.6 is 0 Å². The van der Waals surface area contributed by atoms with Crippen molar-refractivity contribution in [1.82, 2.24) is 19.9 Å². The number of anilines is 1. The van der Waals surface area contributed by atoms with Crippen molar-refractivity contribution >= 4 is 11.7 Å².